The number of allylic oxidation sites excluding steroid dienone is 6. The van der Waals surface area contributed by atoms with E-state index < -0.39 is 26.5 Å². The van der Waals surface area contributed by atoms with Gasteiger partial charge in [-0.3, -0.25) is 18.6 Å². The molecule has 3 N–H and O–H groups in total. The number of hydrogen-bond acceptors (Lipinski definition) is 7. The van der Waals surface area contributed by atoms with Gasteiger partial charge in [0.25, 0.3) is 0 Å². The molecule has 1 amide bonds. The number of carbonyl (C=O) groups is 2. The first-order valence-corrected chi connectivity index (χ1v) is 16.5. The molecule has 0 bridgehead atoms. The molecule has 0 fully saturated rings. The molecule has 0 aromatic rings. The Morgan fingerprint density at radius 1 is 0.800 bits per heavy atom. The number of carbonyl (C=O) groups excluding carboxylic acids is 2. The zero-order valence-electron chi connectivity index (χ0n) is 24.8. The zero-order chi connectivity index (χ0) is 29.7. The predicted octanol–water partition coefficient (Wildman–Crippen LogP) is 6.70. The van der Waals surface area contributed by atoms with Gasteiger partial charge in [-0.1, -0.05) is 88.8 Å². The van der Waals surface area contributed by atoms with Crippen molar-refractivity contribution >= 4 is 19.7 Å². The molecule has 0 aliphatic carbocycles. The molecule has 0 saturated carbocycles. The Balaban J connectivity index is 3.73. The van der Waals surface area contributed by atoms with Gasteiger partial charge in [-0.05, 0) is 44.9 Å². The van der Waals surface area contributed by atoms with E-state index in [0.717, 1.165) is 70.6 Å². The van der Waals surface area contributed by atoms with Gasteiger partial charge in [0.15, 0.2) is 0 Å². The normalized spacial score (nSPS) is 14.2. The minimum Gasteiger partial charge on any atom is -0.463 e. The molecule has 40 heavy (non-hydrogen) atoms. The van der Waals surface area contributed by atoms with Crippen LogP contribution < -0.4 is 5.32 Å². The fourth-order valence-electron chi connectivity index (χ4n) is 3.57. The molecule has 0 aromatic heterocycles. The highest BCUT2D eigenvalue weighted by Crippen LogP contribution is 2.42. The molecule has 0 aliphatic rings. The van der Waals surface area contributed by atoms with Crippen LogP contribution in [0.1, 0.15) is 110 Å². The maximum atomic E-state index is 11.9. The van der Waals surface area contributed by atoms with E-state index in [1.165, 1.54) is 12.8 Å². The molecule has 0 radical (unpaired) electrons. The number of aliphatic hydroxyl groups is 1. The highest BCUT2D eigenvalue weighted by molar-refractivity contribution is 7.47. The number of phosphoric ester groups is 1. The quantitative estimate of drug-likeness (QED) is 0.0419. The average molecular weight is 588 g/mol. The standard InChI is InChI=1S/C30H54NO8P/c1-3-5-7-9-11-12-13-14-15-16-17-18-20-22-29(33)31-24-25-38-40(35,36)39-27-28(32)26-37-30(34)23-21-19-10-8-6-4-2/h5,7,11-12,14-15,28,32H,3-4,6,8-10,13,16-27H2,1-2H3,(H,31,33)(H,35,36)/b7-5-,12-11-,15-14-. The van der Waals surface area contributed by atoms with Crippen molar-refractivity contribution in [3.8, 4) is 0 Å². The molecule has 0 aromatic carbocycles. The van der Waals surface area contributed by atoms with Gasteiger partial charge in [-0.25, -0.2) is 4.57 Å². The molecule has 2 unspecified atom stereocenters. The summed E-state index contributed by atoms with van der Waals surface area (Å²) in [5.41, 5.74) is 0. The van der Waals surface area contributed by atoms with Crippen molar-refractivity contribution in [3.05, 3.63) is 36.5 Å². The lowest BCUT2D eigenvalue weighted by Gasteiger charge is -2.15. The van der Waals surface area contributed by atoms with Gasteiger partial charge in [-0.2, -0.15) is 0 Å². The molecule has 2 atom stereocenters. The van der Waals surface area contributed by atoms with Gasteiger partial charge in [0.1, 0.15) is 12.7 Å². The second-order valence-corrected chi connectivity index (χ2v) is 11.1. The van der Waals surface area contributed by atoms with Crippen molar-refractivity contribution in [3.63, 3.8) is 0 Å². The number of ether oxygens (including phenoxy) is 1. The first kappa shape index (κ1) is 38.2. The fourth-order valence-corrected chi connectivity index (χ4v) is 4.32. The lowest BCUT2D eigenvalue weighted by atomic mass is 10.1. The number of phosphoric acid groups is 1. The number of rotatable bonds is 27. The van der Waals surface area contributed by atoms with Gasteiger partial charge < -0.3 is 20.1 Å². The van der Waals surface area contributed by atoms with E-state index in [-0.39, 0.29) is 32.1 Å². The summed E-state index contributed by atoms with van der Waals surface area (Å²) in [5, 5.41) is 12.5. The van der Waals surface area contributed by atoms with Crippen LogP contribution in [0.3, 0.4) is 0 Å². The SMILES string of the molecule is CC/C=C\C/C=C\C/C=C\CCCCCC(=O)NCCOP(=O)(O)OCC(O)COC(=O)CCCCCCCC. The van der Waals surface area contributed by atoms with Crippen molar-refractivity contribution in [1.29, 1.82) is 0 Å². The Kier molecular flexibility index (Phi) is 26.2. The summed E-state index contributed by atoms with van der Waals surface area (Å²) in [6.45, 7) is 3.28. The molecular formula is C30H54NO8P. The molecule has 10 heteroatoms. The molecular weight excluding hydrogens is 533 g/mol. The highest BCUT2D eigenvalue weighted by Gasteiger charge is 2.23. The highest BCUT2D eigenvalue weighted by atomic mass is 31.2. The number of amides is 1. The number of unbranched alkanes of at least 4 members (excludes halogenated alkanes) is 8. The maximum absolute atomic E-state index is 11.9. The summed E-state index contributed by atoms with van der Waals surface area (Å²) in [4.78, 5) is 33.3. The summed E-state index contributed by atoms with van der Waals surface area (Å²) in [7, 11) is -4.40. The van der Waals surface area contributed by atoms with Gasteiger partial charge in [0, 0.05) is 19.4 Å². The molecule has 0 aliphatic heterocycles. The molecule has 0 rings (SSSR count). The first-order valence-electron chi connectivity index (χ1n) is 15.0. The number of esters is 1. The summed E-state index contributed by atoms with van der Waals surface area (Å²) in [5.74, 6) is -0.562. The van der Waals surface area contributed by atoms with Crippen LogP contribution in [0.25, 0.3) is 0 Å². The van der Waals surface area contributed by atoms with E-state index in [9.17, 15) is 24.2 Å². The van der Waals surface area contributed by atoms with Crippen LogP contribution in [0.5, 0.6) is 0 Å². The Labute approximate surface area is 242 Å². The van der Waals surface area contributed by atoms with Crippen LogP contribution in [0.4, 0.5) is 0 Å². The Morgan fingerprint density at radius 3 is 2.15 bits per heavy atom. The van der Waals surface area contributed by atoms with E-state index >= 15 is 0 Å². The van der Waals surface area contributed by atoms with Crippen LogP contribution in [0.2, 0.25) is 0 Å². The van der Waals surface area contributed by atoms with Crippen molar-refractivity contribution in [2.75, 3.05) is 26.4 Å². The fraction of sp³-hybridized carbons (Fsp3) is 0.733. The third-order valence-electron chi connectivity index (χ3n) is 5.83. The summed E-state index contributed by atoms with van der Waals surface area (Å²) in [6, 6.07) is 0. The number of nitrogens with one attached hydrogen (secondary N) is 1. The Morgan fingerprint density at radius 2 is 1.43 bits per heavy atom. The number of aliphatic hydroxyl groups excluding tert-OH is 1. The average Bonchev–Trinajstić information content (AvgIpc) is 2.93. The van der Waals surface area contributed by atoms with E-state index in [4.69, 9.17) is 13.8 Å². The van der Waals surface area contributed by atoms with E-state index in [1.54, 1.807) is 0 Å². The molecule has 9 nitrogen and oxygen atoms in total. The van der Waals surface area contributed by atoms with Gasteiger partial charge in [0.2, 0.25) is 5.91 Å². The van der Waals surface area contributed by atoms with Crippen molar-refractivity contribution in [1.82, 2.24) is 5.32 Å². The van der Waals surface area contributed by atoms with Crippen LogP contribution in [0, 0.1) is 0 Å². The molecule has 0 saturated heterocycles. The van der Waals surface area contributed by atoms with Crippen molar-refractivity contribution < 1.29 is 37.9 Å². The summed E-state index contributed by atoms with van der Waals surface area (Å²) >= 11 is 0. The maximum Gasteiger partial charge on any atom is 0.472 e. The van der Waals surface area contributed by atoms with E-state index in [1.807, 2.05) is 0 Å². The second kappa shape index (κ2) is 27.4. The summed E-state index contributed by atoms with van der Waals surface area (Å²) in [6.07, 6.45) is 25.4. The van der Waals surface area contributed by atoms with Gasteiger partial charge in [0.05, 0.1) is 13.2 Å². The first-order chi connectivity index (χ1) is 19.3. The lowest BCUT2D eigenvalue weighted by molar-refractivity contribution is -0.147. The third-order valence-corrected chi connectivity index (χ3v) is 6.82. The molecule has 0 spiro atoms. The van der Waals surface area contributed by atoms with Crippen LogP contribution in [-0.4, -0.2) is 54.3 Å². The Hall–Kier alpha value is -1.77. The van der Waals surface area contributed by atoms with Crippen LogP contribution >= 0.6 is 7.82 Å². The Bertz CT molecular complexity index is 769. The molecule has 0 heterocycles. The third kappa shape index (κ3) is 27.8. The van der Waals surface area contributed by atoms with E-state index in [2.05, 4.69) is 55.6 Å². The lowest BCUT2D eigenvalue weighted by Crippen LogP contribution is -2.27. The minimum absolute atomic E-state index is 0.0653. The van der Waals surface area contributed by atoms with Crippen molar-refractivity contribution in [2.45, 2.75) is 116 Å². The van der Waals surface area contributed by atoms with E-state index in [0.29, 0.717) is 6.42 Å². The van der Waals surface area contributed by atoms with Gasteiger partial charge >= 0.3 is 13.8 Å². The van der Waals surface area contributed by atoms with Crippen LogP contribution in [0.15, 0.2) is 36.5 Å². The molecule has 232 valence electrons. The van der Waals surface area contributed by atoms with Crippen LogP contribution in [-0.2, 0) is 27.9 Å². The second-order valence-electron chi connectivity index (χ2n) is 9.70. The monoisotopic (exact) mass is 587 g/mol. The summed E-state index contributed by atoms with van der Waals surface area (Å²) < 4.78 is 26.5. The minimum atomic E-state index is -4.40. The predicted molar refractivity (Wildman–Crippen MR) is 160 cm³/mol. The van der Waals surface area contributed by atoms with Crippen molar-refractivity contribution in [2.24, 2.45) is 0 Å². The largest absolute Gasteiger partial charge is 0.472 e. The number of hydrogen-bond donors (Lipinski definition) is 3. The van der Waals surface area contributed by atoms with Gasteiger partial charge in [-0.15, -0.1) is 0 Å². The topological polar surface area (TPSA) is 131 Å². The smallest absolute Gasteiger partial charge is 0.463 e. The zero-order valence-corrected chi connectivity index (χ0v) is 25.7.